The van der Waals surface area contributed by atoms with E-state index in [0.717, 1.165) is 21.3 Å². The van der Waals surface area contributed by atoms with E-state index in [0.29, 0.717) is 6.42 Å². The monoisotopic (exact) mass is 392 g/mol. The van der Waals surface area contributed by atoms with Crippen LogP contribution in [0.5, 0.6) is 0 Å². The van der Waals surface area contributed by atoms with E-state index < -0.39 is 0 Å². The minimum atomic E-state index is -0.0175. The lowest BCUT2D eigenvalue weighted by Gasteiger charge is -2.18. The molecule has 25 heavy (non-hydrogen) atoms. The summed E-state index contributed by atoms with van der Waals surface area (Å²) < 4.78 is 3.09. The van der Waals surface area contributed by atoms with Crippen molar-refractivity contribution >= 4 is 32.9 Å². The van der Waals surface area contributed by atoms with E-state index in [9.17, 15) is 4.79 Å². The molecule has 1 atom stereocenters. The fourth-order valence-corrected chi connectivity index (χ4v) is 3.79. The van der Waals surface area contributed by atoms with Crippen LogP contribution in [0, 0.1) is 0 Å². The van der Waals surface area contributed by atoms with E-state index >= 15 is 0 Å². The number of benzene rings is 2. The summed E-state index contributed by atoms with van der Waals surface area (Å²) in [5.41, 5.74) is 5.40. The molecule has 124 valence electrons. The van der Waals surface area contributed by atoms with Gasteiger partial charge in [0.1, 0.15) is 0 Å². The summed E-state index contributed by atoms with van der Waals surface area (Å²) >= 11 is 3.42. The first-order valence-corrected chi connectivity index (χ1v) is 9.01. The molecule has 3 nitrogen and oxygen atoms in total. The minimum absolute atomic E-state index is 0.0175. The lowest BCUT2D eigenvalue weighted by atomic mass is 9.92. The maximum atomic E-state index is 12.9. The molecule has 0 spiro atoms. The molecule has 1 aliphatic heterocycles. The second-order valence-corrected chi connectivity index (χ2v) is 7.16. The Hall–Kier alpha value is -2.46. The second kappa shape index (κ2) is 6.45. The van der Waals surface area contributed by atoms with Crippen LogP contribution in [0.3, 0.4) is 0 Å². The normalized spacial score (nSPS) is 16.2. The molecule has 1 aromatic heterocycles. The van der Waals surface area contributed by atoms with Crippen LogP contribution >= 0.6 is 15.9 Å². The average Bonchev–Trinajstić information content (AvgIpc) is 3.20. The number of nitrogens with zero attached hydrogens (tertiary/aromatic N) is 2. The Morgan fingerprint density at radius 3 is 2.56 bits per heavy atom. The third-order valence-corrected chi connectivity index (χ3v) is 5.28. The topological polar surface area (TPSA) is 34.9 Å². The van der Waals surface area contributed by atoms with E-state index in [4.69, 9.17) is 0 Å². The molecule has 2 aromatic carbocycles. The summed E-state index contributed by atoms with van der Waals surface area (Å²) in [6, 6.07) is 17.8. The highest BCUT2D eigenvalue weighted by Gasteiger charge is 2.31. The molecule has 0 aliphatic carbocycles. The molecule has 2 heterocycles. The van der Waals surface area contributed by atoms with Crippen molar-refractivity contribution in [1.29, 1.82) is 0 Å². The number of Topliss-reactive ketones (excluding diaryl/α,β-unsaturated/α-hetero) is 1. The van der Waals surface area contributed by atoms with Crippen molar-refractivity contribution in [2.45, 2.75) is 19.4 Å². The molecular formula is C21H17BrN2O. The van der Waals surface area contributed by atoms with Crippen molar-refractivity contribution in [2.75, 3.05) is 0 Å². The Kier molecular flexibility index (Phi) is 4.14. The SMILES string of the molecule is CC1=C(c2ccccc2)C(CC(=O)c2ccc(Br)cc2)n2cncc21. The summed E-state index contributed by atoms with van der Waals surface area (Å²) in [7, 11) is 0. The van der Waals surface area contributed by atoms with Crippen LogP contribution in [0.15, 0.2) is 71.6 Å². The van der Waals surface area contributed by atoms with Gasteiger partial charge < -0.3 is 4.57 Å². The number of carbonyl (C=O) groups is 1. The number of carbonyl (C=O) groups excluding carboxylic acids is 1. The fraction of sp³-hybridized carbons (Fsp3) is 0.143. The molecule has 1 aliphatic rings. The van der Waals surface area contributed by atoms with E-state index in [1.807, 2.05) is 55.0 Å². The predicted octanol–water partition coefficient (Wildman–Crippen LogP) is 5.40. The minimum Gasteiger partial charge on any atom is -0.323 e. The third kappa shape index (κ3) is 2.87. The molecule has 0 radical (unpaired) electrons. The van der Waals surface area contributed by atoms with Gasteiger partial charge in [0.2, 0.25) is 0 Å². The Morgan fingerprint density at radius 1 is 1.12 bits per heavy atom. The summed E-state index contributed by atoms with van der Waals surface area (Å²) in [6.07, 6.45) is 4.13. The van der Waals surface area contributed by atoms with Crippen LogP contribution in [0.2, 0.25) is 0 Å². The molecule has 0 N–H and O–H groups in total. The van der Waals surface area contributed by atoms with Crippen LogP contribution in [-0.2, 0) is 0 Å². The smallest absolute Gasteiger partial charge is 0.165 e. The number of aromatic nitrogens is 2. The molecule has 0 fully saturated rings. The maximum absolute atomic E-state index is 12.9. The summed E-state index contributed by atoms with van der Waals surface area (Å²) in [6.45, 7) is 2.11. The van der Waals surface area contributed by atoms with Gasteiger partial charge in [-0.15, -0.1) is 0 Å². The molecule has 3 aromatic rings. The van der Waals surface area contributed by atoms with Crippen LogP contribution in [-0.4, -0.2) is 15.3 Å². The van der Waals surface area contributed by atoms with Crippen molar-refractivity contribution in [3.8, 4) is 0 Å². The van der Waals surface area contributed by atoms with Crippen LogP contribution in [0.4, 0.5) is 0 Å². The highest BCUT2D eigenvalue weighted by atomic mass is 79.9. The van der Waals surface area contributed by atoms with E-state index in [1.165, 1.54) is 11.1 Å². The Bertz CT molecular complexity index is 955. The van der Waals surface area contributed by atoms with Crippen molar-refractivity contribution < 1.29 is 4.79 Å². The highest BCUT2D eigenvalue weighted by molar-refractivity contribution is 9.10. The molecule has 4 heteroatoms. The van der Waals surface area contributed by atoms with E-state index in [1.54, 1.807) is 0 Å². The number of ketones is 1. The molecule has 0 saturated heterocycles. The van der Waals surface area contributed by atoms with Crippen LogP contribution < -0.4 is 0 Å². The van der Waals surface area contributed by atoms with Gasteiger partial charge in [0, 0.05) is 16.5 Å². The zero-order valence-corrected chi connectivity index (χ0v) is 15.4. The number of allylic oxidation sites excluding steroid dienone is 2. The number of halogens is 1. The Labute approximate surface area is 155 Å². The first-order chi connectivity index (χ1) is 12.1. The fourth-order valence-electron chi connectivity index (χ4n) is 3.53. The van der Waals surface area contributed by atoms with Gasteiger partial charge in [-0.2, -0.15) is 0 Å². The van der Waals surface area contributed by atoms with Gasteiger partial charge in [-0.1, -0.05) is 58.4 Å². The number of rotatable bonds is 4. The lowest BCUT2D eigenvalue weighted by molar-refractivity contribution is 0.0972. The van der Waals surface area contributed by atoms with Gasteiger partial charge in [-0.05, 0) is 35.8 Å². The number of imidazole rings is 1. The van der Waals surface area contributed by atoms with Gasteiger partial charge in [-0.3, -0.25) is 4.79 Å². The van der Waals surface area contributed by atoms with Gasteiger partial charge in [-0.25, -0.2) is 4.98 Å². The lowest BCUT2D eigenvalue weighted by Crippen LogP contribution is -2.13. The molecule has 1 unspecified atom stereocenters. The number of hydrogen-bond donors (Lipinski definition) is 0. The number of hydrogen-bond acceptors (Lipinski definition) is 2. The third-order valence-electron chi connectivity index (χ3n) is 4.75. The Morgan fingerprint density at radius 2 is 1.84 bits per heavy atom. The van der Waals surface area contributed by atoms with Crippen molar-refractivity contribution in [1.82, 2.24) is 9.55 Å². The average molecular weight is 393 g/mol. The zero-order valence-electron chi connectivity index (χ0n) is 13.8. The number of fused-ring (bicyclic) bond motifs is 1. The van der Waals surface area contributed by atoms with Crippen molar-refractivity contribution in [3.63, 3.8) is 0 Å². The maximum Gasteiger partial charge on any atom is 0.165 e. The molecular weight excluding hydrogens is 376 g/mol. The quantitative estimate of drug-likeness (QED) is 0.556. The largest absolute Gasteiger partial charge is 0.323 e. The summed E-state index contributed by atoms with van der Waals surface area (Å²) in [5.74, 6) is 0.139. The highest BCUT2D eigenvalue weighted by Crippen LogP contribution is 2.44. The predicted molar refractivity (Wildman–Crippen MR) is 103 cm³/mol. The van der Waals surface area contributed by atoms with Crippen LogP contribution in [0.25, 0.3) is 11.1 Å². The summed E-state index contributed by atoms with van der Waals surface area (Å²) in [5, 5.41) is 0. The molecule has 0 saturated carbocycles. The van der Waals surface area contributed by atoms with Gasteiger partial charge >= 0.3 is 0 Å². The van der Waals surface area contributed by atoms with Gasteiger partial charge in [0.25, 0.3) is 0 Å². The zero-order chi connectivity index (χ0) is 17.4. The standard InChI is InChI=1S/C21H17BrN2O/c1-14-19-12-23-13-24(19)18(21(14)16-5-3-2-4-6-16)11-20(25)15-7-9-17(22)10-8-15/h2-10,12-13,18H,11H2,1H3. The summed E-state index contributed by atoms with van der Waals surface area (Å²) in [4.78, 5) is 17.1. The second-order valence-electron chi connectivity index (χ2n) is 6.24. The van der Waals surface area contributed by atoms with Crippen molar-refractivity contribution in [3.05, 3.63) is 88.4 Å². The van der Waals surface area contributed by atoms with E-state index in [-0.39, 0.29) is 11.8 Å². The molecule has 0 bridgehead atoms. The van der Waals surface area contributed by atoms with Crippen LogP contribution in [0.1, 0.15) is 41.0 Å². The van der Waals surface area contributed by atoms with Crippen molar-refractivity contribution in [2.24, 2.45) is 0 Å². The van der Waals surface area contributed by atoms with E-state index in [2.05, 4.69) is 44.5 Å². The first kappa shape index (κ1) is 16.0. The van der Waals surface area contributed by atoms with Gasteiger partial charge in [0.05, 0.1) is 24.3 Å². The molecule has 0 amide bonds. The Balaban J connectivity index is 1.71. The van der Waals surface area contributed by atoms with Gasteiger partial charge in [0.15, 0.2) is 5.78 Å². The molecule has 4 rings (SSSR count). The first-order valence-electron chi connectivity index (χ1n) is 8.22.